The van der Waals surface area contributed by atoms with Crippen LogP contribution in [-0.2, 0) is 11.3 Å². The molecule has 8 heteroatoms. The van der Waals surface area contributed by atoms with E-state index in [2.05, 4.69) is 32.0 Å². The molecule has 2 heterocycles. The molecule has 1 unspecified atom stereocenters. The third-order valence-corrected chi connectivity index (χ3v) is 3.84. The minimum atomic E-state index is -0.226. The summed E-state index contributed by atoms with van der Waals surface area (Å²) in [6.07, 6.45) is 0.708. The van der Waals surface area contributed by atoms with Crippen LogP contribution in [0.1, 0.15) is 18.9 Å². The zero-order chi connectivity index (χ0) is 16.1. The number of aromatic amines is 1. The topological polar surface area (TPSA) is 96.0 Å². The van der Waals surface area contributed by atoms with Crippen molar-refractivity contribution in [3.05, 3.63) is 29.8 Å². The summed E-state index contributed by atoms with van der Waals surface area (Å²) in [4.78, 5) is 13.4. The summed E-state index contributed by atoms with van der Waals surface area (Å²) < 4.78 is 5.03. The van der Waals surface area contributed by atoms with Gasteiger partial charge in [0.2, 0.25) is 5.82 Å². The summed E-state index contributed by atoms with van der Waals surface area (Å²) in [5, 5.41) is 17.5. The quantitative estimate of drug-likeness (QED) is 0.860. The average Bonchev–Trinajstić information content (AvgIpc) is 3.25. The van der Waals surface area contributed by atoms with E-state index in [-0.39, 0.29) is 12.1 Å². The van der Waals surface area contributed by atoms with Crippen molar-refractivity contribution < 1.29 is 9.53 Å². The van der Waals surface area contributed by atoms with Crippen molar-refractivity contribution in [2.45, 2.75) is 25.9 Å². The largest absolute Gasteiger partial charge is 0.450 e. The lowest BCUT2D eigenvalue weighted by Crippen LogP contribution is -2.35. The number of amides is 1. The fourth-order valence-corrected chi connectivity index (χ4v) is 2.67. The van der Waals surface area contributed by atoms with Gasteiger partial charge in [0.25, 0.3) is 0 Å². The monoisotopic (exact) mass is 316 g/mol. The lowest BCUT2D eigenvalue weighted by atomic mass is 10.1. The molecule has 3 rings (SSSR count). The van der Waals surface area contributed by atoms with Crippen molar-refractivity contribution in [1.82, 2.24) is 30.8 Å². The molecular weight excluding hydrogens is 296 g/mol. The van der Waals surface area contributed by atoms with Crippen molar-refractivity contribution in [1.29, 1.82) is 0 Å². The number of likely N-dealkylation sites (tertiary alicyclic amines) is 1. The Morgan fingerprint density at radius 1 is 1.52 bits per heavy atom. The molecule has 8 nitrogen and oxygen atoms in total. The maximum absolute atomic E-state index is 11.7. The Kier molecular flexibility index (Phi) is 4.82. The van der Waals surface area contributed by atoms with Crippen LogP contribution in [0.5, 0.6) is 0 Å². The van der Waals surface area contributed by atoms with Crippen LogP contribution in [0.2, 0.25) is 0 Å². The van der Waals surface area contributed by atoms with Crippen molar-refractivity contribution in [2.75, 3.05) is 19.7 Å². The minimum absolute atomic E-state index is 0.226. The predicted octanol–water partition coefficient (Wildman–Crippen LogP) is 1.19. The zero-order valence-corrected chi connectivity index (χ0v) is 13.0. The van der Waals surface area contributed by atoms with Gasteiger partial charge in [-0.15, -0.1) is 10.2 Å². The molecule has 0 saturated carbocycles. The molecule has 0 bridgehead atoms. The number of hydrogen-bond acceptors (Lipinski definition) is 6. The van der Waals surface area contributed by atoms with E-state index in [1.54, 1.807) is 4.90 Å². The molecule has 1 saturated heterocycles. The molecule has 2 N–H and O–H groups in total. The molecule has 1 aliphatic heterocycles. The normalized spacial score (nSPS) is 17.4. The highest BCUT2D eigenvalue weighted by Crippen LogP contribution is 2.16. The number of nitrogens with one attached hydrogen (secondary N) is 2. The van der Waals surface area contributed by atoms with Gasteiger partial charge in [-0.3, -0.25) is 0 Å². The SMILES string of the molecule is CCOC(=O)N1CCC(NCc2cccc(-c3nn[nH]n3)c2)C1. The van der Waals surface area contributed by atoms with Gasteiger partial charge in [-0.25, -0.2) is 4.79 Å². The summed E-state index contributed by atoms with van der Waals surface area (Å²) in [5.41, 5.74) is 2.07. The first-order valence-corrected chi connectivity index (χ1v) is 7.74. The molecule has 1 amide bonds. The third-order valence-electron chi connectivity index (χ3n) is 3.84. The minimum Gasteiger partial charge on any atom is -0.450 e. The number of nitrogens with zero attached hydrogens (tertiary/aromatic N) is 4. The second-order valence-corrected chi connectivity index (χ2v) is 5.45. The first kappa shape index (κ1) is 15.4. The molecule has 1 fully saturated rings. The maximum Gasteiger partial charge on any atom is 0.409 e. The molecule has 1 aromatic carbocycles. The third kappa shape index (κ3) is 3.84. The summed E-state index contributed by atoms with van der Waals surface area (Å²) in [7, 11) is 0. The van der Waals surface area contributed by atoms with Crippen LogP contribution in [0.15, 0.2) is 24.3 Å². The zero-order valence-electron chi connectivity index (χ0n) is 13.0. The Morgan fingerprint density at radius 2 is 2.43 bits per heavy atom. The van der Waals surface area contributed by atoms with Gasteiger partial charge in [0, 0.05) is 31.2 Å². The van der Waals surface area contributed by atoms with E-state index in [1.165, 1.54) is 0 Å². The molecule has 2 aromatic rings. The highest BCUT2D eigenvalue weighted by Gasteiger charge is 2.26. The standard InChI is InChI=1S/C15H20N6O2/c1-2-23-15(22)21-7-6-13(10-21)16-9-11-4-3-5-12(8-11)14-17-19-20-18-14/h3-5,8,13,16H,2,6-7,9-10H2,1H3,(H,17,18,19,20). The first-order chi connectivity index (χ1) is 11.3. The number of H-pyrrole nitrogens is 1. The molecule has 1 aromatic heterocycles. The van der Waals surface area contributed by atoms with Crippen LogP contribution in [-0.4, -0.2) is 57.4 Å². The van der Waals surface area contributed by atoms with Gasteiger partial charge in [0.15, 0.2) is 0 Å². The van der Waals surface area contributed by atoms with Crippen LogP contribution < -0.4 is 5.32 Å². The number of carbonyl (C=O) groups is 1. The molecular formula is C15H20N6O2. The van der Waals surface area contributed by atoms with E-state index < -0.39 is 0 Å². The van der Waals surface area contributed by atoms with Gasteiger partial charge in [-0.1, -0.05) is 18.2 Å². The molecule has 1 aliphatic rings. The van der Waals surface area contributed by atoms with Gasteiger partial charge in [-0.2, -0.15) is 5.21 Å². The van der Waals surface area contributed by atoms with E-state index in [1.807, 2.05) is 25.1 Å². The predicted molar refractivity (Wildman–Crippen MR) is 83.5 cm³/mol. The molecule has 122 valence electrons. The van der Waals surface area contributed by atoms with Gasteiger partial charge in [0.05, 0.1) is 6.61 Å². The van der Waals surface area contributed by atoms with Gasteiger partial charge in [-0.05, 0) is 30.2 Å². The molecule has 23 heavy (non-hydrogen) atoms. The highest BCUT2D eigenvalue weighted by molar-refractivity contribution is 5.68. The second-order valence-electron chi connectivity index (χ2n) is 5.45. The number of rotatable bonds is 5. The number of benzene rings is 1. The Balaban J connectivity index is 1.53. The summed E-state index contributed by atoms with van der Waals surface area (Å²) in [5.74, 6) is 0.584. The Hall–Kier alpha value is -2.48. The van der Waals surface area contributed by atoms with E-state index in [0.29, 0.717) is 19.0 Å². The highest BCUT2D eigenvalue weighted by atomic mass is 16.6. The Bertz CT molecular complexity index is 645. The first-order valence-electron chi connectivity index (χ1n) is 7.74. The summed E-state index contributed by atoms with van der Waals surface area (Å²) in [6.45, 7) is 4.38. The van der Waals surface area contributed by atoms with Crippen LogP contribution in [0.25, 0.3) is 11.4 Å². The van der Waals surface area contributed by atoms with Crippen molar-refractivity contribution in [3.8, 4) is 11.4 Å². The molecule has 1 atom stereocenters. The summed E-state index contributed by atoms with van der Waals surface area (Å²) >= 11 is 0. The lowest BCUT2D eigenvalue weighted by Gasteiger charge is -2.16. The number of aromatic nitrogens is 4. The fourth-order valence-electron chi connectivity index (χ4n) is 2.67. The molecule has 0 aliphatic carbocycles. The average molecular weight is 316 g/mol. The van der Waals surface area contributed by atoms with Crippen molar-refractivity contribution >= 4 is 6.09 Å². The molecule has 0 radical (unpaired) electrons. The van der Waals surface area contributed by atoms with Gasteiger partial charge >= 0.3 is 6.09 Å². The van der Waals surface area contributed by atoms with Crippen LogP contribution in [0, 0.1) is 0 Å². The van der Waals surface area contributed by atoms with Crippen LogP contribution in [0.3, 0.4) is 0 Å². The number of carbonyl (C=O) groups excluding carboxylic acids is 1. The van der Waals surface area contributed by atoms with Crippen molar-refractivity contribution in [3.63, 3.8) is 0 Å². The van der Waals surface area contributed by atoms with E-state index >= 15 is 0 Å². The van der Waals surface area contributed by atoms with Crippen LogP contribution >= 0.6 is 0 Å². The summed E-state index contributed by atoms with van der Waals surface area (Å²) in [6, 6.07) is 8.30. The number of tetrazole rings is 1. The Morgan fingerprint density at radius 3 is 3.22 bits per heavy atom. The van der Waals surface area contributed by atoms with E-state index in [9.17, 15) is 4.79 Å². The molecule has 0 spiro atoms. The van der Waals surface area contributed by atoms with E-state index in [4.69, 9.17) is 4.74 Å². The Labute approximate surface area is 134 Å². The van der Waals surface area contributed by atoms with Crippen LogP contribution in [0.4, 0.5) is 4.79 Å². The fraction of sp³-hybridized carbons (Fsp3) is 0.467. The second kappa shape index (κ2) is 7.19. The number of hydrogen-bond donors (Lipinski definition) is 2. The van der Waals surface area contributed by atoms with Gasteiger partial charge < -0.3 is 15.0 Å². The van der Waals surface area contributed by atoms with Crippen molar-refractivity contribution in [2.24, 2.45) is 0 Å². The maximum atomic E-state index is 11.7. The van der Waals surface area contributed by atoms with E-state index in [0.717, 1.165) is 30.6 Å². The van der Waals surface area contributed by atoms with Gasteiger partial charge in [0.1, 0.15) is 0 Å². The lowest BCUT2D eigenvalue weighted by molar-refractivity contribution is 0.115. The smallest absolute Gasteiger partial charge is 0.409 e. The number of ether oxygens (including phenoxy) is 1.